The van der Waals surface area contributed by atoms with E-state index < -0.39 is 0 Å². The molecular formula is C17H30N6. The van der Waals surface area contributed by atoms with Gasteiger partial charge >= 0.3 is 0 Å². The van der Waals surface area contributed by atoms with Crippen LogP contribution in [0.2, 0.25) is 0 Å². The van der Waals surface area contributed by atoms with Crippen molar-refractivity contribution in [1.82, 2.24) is 15.3 Å². The molecule has 2 aliphatic heterocycles. The highest BCUT2D eigenvalue weighted by Crippen LogP contribution is 2.29. The summed E-state index contributed by atoms with van der Waals surface area (Å²) in [7, 11) is 0. The number of rotatable bonds is 4. The van der Waals surface area contributed by atoms with Gasteiger partial charge in [-0.25, -0.2) is 0 Å². The minimum Gasteiger partial charge on any atom is -0.370 e. The van der Waals surface area contributed by atoms with Crippen LogP contribution in [0.1, 0.15) is 40.0 Å². The fourth-order valence-corrected chi connectivity index (χ4v) is 3.50. The van der Waals surface area contributed by atoms with Crippen molar-refractivity contribution >= 4 is 17.6 Å². The van der Waals surface area contributed by atoms with Crippen molar-refractivity contribution < 1.29 is 0 Å². The first-order valence-electron chi connectivity index (χ1n) is 8.77. The lowest BCUT2D eigenvalue weighted by Crippen LogP contribution is -2.40. The summed E-state index contributed by atoms with van der Waals surface area (Å²) in [5, 5.41) is 7.02. The lowest BCUT2D eigenvalue weighted by molar-refractivity contribution is 0.340. The molecule has 0 radical (unpaired) electrons. The SMILES string of the molecule is CC(C)(C)CCNc1cc(N2CC3CCCNC3C2)nc(N)n1. The third-order valence-corrected chi connectivity index (χ3v) is 4.83. The molecule has 0 aliphatic carbocycles. The summed E-state index contributed by atoms with van der Waals surface area (Å²) in [5.74, 6) is 2.87. The maximum absolute atomic E-state index is 5.93. The van der Waals surface area contributed by atoms with E-state index >= 15 is 0 Å². The van der Waals surface area contributed by atoms with Crippen LogP contribution in [0.3, 0.4) is 0 Å². The van der Waals surface area contributed by atoms with E-state index in [0.717, 1.165) is 50.2 Å². The smallest absolute Gasteiger partial charge is 0.223 e. The largest absolute Gasteiger partial charge is 0.370 e. The van der Waals surface area contributed by atoms with Crippen molar-refractivity contribution in [3.8, 4) is 0 Å². The molecule has 0 amide bonds. The minimum atomic E-state index is 0.310. The van der Waals surface area contributed by atoms with E-state index in [1.807, 2.05) is 6.07 Å². The van der Waals surface area contributed by atoms with Crippen LogP contribution >= 0.6 is 0 Å². The fraction of sp³-hybridized carbons (Fsp3) is 0.765. The summed E-state index contributed by atoms with van der Waals surface area (Å²) in [6.45, 7) is 10.8. The molecule has 2 aliphatic rings. The Hall–Kier alpha value is -1.56. The van der Waals surface area contributed by atoms with Crippen LogP contribution < -0.4 is 21.3 Å². The Balaban J connectivity index is 1.66. The van der Waals surface area contributed by atoms with Crippen molar-refractivity contribution in [2.45, 2.75) is 46.1 Å². The van der Waals surface area contributed by atoms with Gasteiger partial charge in [-0.3, -0.25) is 0 Å². The highest BCUT2D eigenvalue weighted by molar-refractivity contribution is 5.53. The Morgan fingerprint density at radius 3 is 2.91 bits per heavy atom. The van der Waals surface area contributed by atoms with Gasteiger partial charge in [0.15, 0.2) is 0 Å². The number of nitrogens with zero attached hydrogens (tertiary/aromatic N) is 3. The van der Waals surface area contributed by atoms with Crippen LogP contribution in [0, 0.1) is 11.3 Å². The number of hydrogen-bond donors (Lipinski definition) is 3. The van der Waals surface area contributed by atoms with Gasteiger partial charge in [0.05, 0.1) is 0 Å². The molecule has 6 nitrogen and oxygen atoms in total. The molecule has 2 atom stereocenters. The molecule has 2 unspecified atom stereocenters. The van der Waals surface area contributed by atoms with E-state index in [-0.39, 0.29) is 0 Å². The number of anilines is 3. The Morgan fingerprint density at radius 1 is 1.35 bits per heavy atom. The first kappa shape index (κ1) is 16.3. The van der Waals surface area contributed by atoms with Crippen molar-refractivity contribution in [3.05, 3.63) is 6.07 Å². The number of piperidine rings is 1. The van der Waals surface area contributed by atoms with E-state index in [4.69, 9.17) is 5.73 Å². The number of fused-ring (bicyclic) bond motifs is 1. The molecule has 0 aromatic carbocycles. The molecule has 4 N–H and O–H groups in total. The normalized spacial score (nSPS) is 24.6. The van der Waals surface area contributed by atoms with E-state index in [9.17, 15) is 0 Å². The van der Waals surface area contributed by atoms with Gasteiger partial charge in [-0.15, -0.1) is 0 Å². The zero-order chi connectivity index (χ0) is 16.4. The molecule has 23 heavy (non-hydrogen) atoms. The molecule has 2 saturated heterocycles. The van der Waals surface area contributed by atoms with Gasteiger partial charge in [0.25, 0.3) is 0 Å². The third kappa shape index (κ3) is 4.25. The maximum atomic E-state index is 5.93. The maximum Gasteiger partial charge on any atom is 0.223 e. The molecule has 1 aromatic rings. The van der Waals surface area contributed by atoms with E-state index in [0.29, 0.717) is 17.4 Å². The molecule has 0 bridgehead atoms. The van der Waals surface area contributed by atoms with Crippen LogP contribution in [0.15, 0.2) is 6.07 Å². The summed E-state index contributed by atoms with van der Waals surface area (Å²) < 4.78 is 0. The summed E-state index contributed by atoms with van der Waals surface area (Å²) in [4.78, 5) is 11.1. The summed E-state index contributed by atoms with van der Waals surface area (Å²) in [6, 6.07) is 2.63. The van der Waals surface area contributed by atoms with Crippen molar-refractivity contribution in [3.63, 3.8) is 0 Å². The van der Waals surface area contributed by atoms with Gasteiger partial charge in [0.1, 0.15) is 11.6 Å². The highest BCUT2D eigenvalue weighted by Gasteiger charge is 2.35. The first-order valence-corrected chi connectivity index (χ1v) is 8.77. The van der Waals surface area contributed by atoms with Crippen LogP contribution in [0.5, 0.6) is 0 Å². The average molecular weight is 318 g/mol. The fourth-order valence-electron chi connectivity index (χ4n) is 3.50. The van der Waals surface area contributed by atoms with Crippen molar-refractivity contribution in [1.29, 1.82) is 0 Å². The van der Waals surface area contributed by atoms with E-state index in [1.54, 1.807) is 0 Å². The number of nitrogen functional groups attached to an aromatic ring is 1. The predicted molar refractivity (Wildman–Crippen MR) is 95.7 cm³/mol. The Labute approximate surface area is 139 Å². The molecular weight excluding hydrogens is 288 g/mol. The van der Waals surface area contributed by atoms with Crippen LogP contribution in [0.4, 0.5) is 17.6 Å². The predicted octanol–water partition coefficient (Wildman–Crippen LogP) is 2.10. The lowest BCUT2D eigenvalue weighted by atomic mass is 9.92. The topological polar surface area (TPSA) is 79.1 Å². The van der Waals surface area contributed by atoms with Crippen molar-refractivity contribution in [2.24, 2.45) is 11.3 Å². The minimum absolute atomic E-state index is 0.310. The number of aromatic nitrogens is 2. The van der Waals surface area contributed by atoms with E-state index in [2.05, 4.69) is 46.3 Å². The first-order chi connectivity index (χ1) is 10.9. The van der Waals surface area contributed by atoms with Gasteiger partial charge in [-0.1, -0.05) is 20.8 Å². The zero-order valence-corrected chi connectivity index (χ0v) is 14.6. The number of nitrogens with two attached hydrogens (primary N) is 1. The average Bonchev–Trinajstić information content (AvgIpc) is 2.89. The van der Waals surface area contributed by atoms with Crippen molar-refractivity contribution in [2.75, 3.05) is 42.1 Å². The second-order valence-electron chi connectivity index (χ2n) is 8.07. The number of nitrogens with one attached hydrogen (secondary N) is 2. The summed E-state index contributed by atoms with van der Waals surface area (Å²) in [6.07, 6.45) is 3.68. The van der Waals surface area contributed by atoms with Gasteiger partial charge < -0.3 is 21.3 Å². The standard InChI is InChI=1S/C17H30N6/c1-17(2,3)6-8-20-14-9-15(22-16(18)21-14)23-10-12-5-4-7-19-13(12)11-23/h9,12-13,19H,4-8,10-11H2,1-3H3,(H3,18,20,21,22). The van der Waals surface area contributed by atoms with Gasteiger partial charge in [0.2, 0.25) is 5.95 Å². The second kappa shape index (κ2) is 6.51. The molecule has 2 fully saturated rings. The van der Waals surface area contributed by atoms with Gasteiger partial charge in [0, 0.05) is 31.7 Å². The third-order valence-electron chi connectivity index (χ3n) is 4.83. The lowest BCUT2D eigenvalue weighted by Gasteiger charge is -2.24. The second-order valence-corrected chi connectivity index (χ2v) is 8.07. The zero-order valence-electron chi connectivity index (χ0n) is 14.6. The molecule has 3 heterocycles. The summed E-state index contributed by atoms with van der Waals surface area (Å²) >= 11 is 0. The molecule has 0 spiro atoms. The quantitative estimate of drug-likeness (QED) is 0.789. The molecule has 0 saturated carbocycles. The van der Waals surface area contributed by atoms with E-state index in [1.165, 1.54) is 12.8 Å². The Kier molecular flexibility index (Phi) is 4.62. The molecule has 128 valence electrons. The van der Waals surface area contributed by atoms with Crippen LogP contribution in [-0.2, 0) is 0 Å². The Bertz CT molecular complexity index is 524. The number of hydrogen-bond acceptors (Lipinski definition) is 6. The monoisotopic (exact) mass is 318 g/mol. The molecule has 1 aromatic heterocycles. The van der Waals surface area contributed by atoms with Crippen LogP contribution in [-0.4, -0.2) is 42.2 Å². The van der Waals surface area contributed by atoms with Gasteiger partial charge in [-0.2, -0.15) is 9.97 Å². The Morgan fingerprint density at radius 2 is 2.17 bits per heavy atom. The summed E-state index contributed by atoms with van der Waals surface area (Å²) in [5.41, 5.74) is 6.24. The molecule has 3 rings (SSSR count). The van der Waals surface area contributed by atoms with Crippen LogP contribution in [0.25, 0.3) is 0 Å². The highest BCUT2D eigenvalue weighted by atomic mass is 15.3. The molecule has 6 heteroatoms. The van der Waals surface area contributed by atoms with Gasteiger partial charge in [-0.05, 0) is 37.1 Å².